The summed E-state index contributed by atoms with van der Waals surface area (Å²) >= 11 is 0. The van der Waals surface area contributed by atoms with Gasteiger partial charge in [0, 0.05) is 34.8 Å². The van der Waals surface area contributed by atoms with Gasteiger partial charge in [-0.2, -0.15) is 0 Å². The van der Waals surface area contributed by atoms with Crippen molar-refractivity contribution in [2.75, 3.05) is 5.32 Å². The average molecular weight is 496 g/mol. The Morgan fingerprint density at radius 1 is 0.694 bits per heavy atom. The molecular weight excluding hydrogens is 450 g/mol. The summed E-state index contributed by atoms with van der Waals surface area (Å²) in [4.78, 5) is 41.4. The highest BCUT2D eigenvalue weighted by molar-refractivity contribution is 6.02. The summed E-state index contributed by atoms with van der Waals surface area (Å²) in [6.45, 7) is 6.82. The molecule has 0 atom stereocenters. The summed E-state index contributed by atoms with van der Waals surface area (Å²) in [5.74, 6) is 1.40. The second-order valence-electron chi connectivity index (χ2n) is 12.1. The highest BCUT2D eigenvalue weighted by atomic mass is 16.2. The molecule has 4 rings (SSSR count). The van der Waals surface area contributed by atoms with E-state index in [-0.39, 0.29) is 35.4 Å². The van der Waals surface area contributed by atoms with E-state index in [1.165, 1.54) is 0 Å². The van der Waals surface area contributed by atoms with Gasteiger partial charge in [0.05, 0.1) is 0 Å². The summed E-state index contributed by atoms with van der Waals surface area (Å²) in [6, 6.07) is 5.43. The number of hydrogen-bond acceptors (Lipinski definition) is 3. The molecule has 0 saturated heterocycles. The number of nitrogens with zero attached hydrogens (tertiary/aromatic N) is 1. The van der Waals surface area contributed by atoms with Crippen LogP contribution in [0.5, 0.6) is 0 Å². The zero-order chi connectivity index (χ0) is 25.8. The maximum atomic E-state index is 14.1. The molecule has 1 aromatic rings. The summed E-state index contributed by atoms with van der Waals surface area (Å²) in [6.07, 6.45) is 12.5. The lowest BCUT2D eigenvalue weighted by Crippen LogP contribution is -2.49. The van der Waals surface area contributed by atoms with Crippen molar-refractivity contribution in [2.24, 2.45) is 29.4 Å². The van der Waals surface area contributed by atoms with Crippen LogP contribution in [0.3, 0.4) is 0 Å². The van der Waals surface area contributed by atoms with Crippen LogP contribution in [-0.2, 0) is 4.79 Å². The van der Waals surface area contributed by atoms with Crippen LogP contribution in [0, 0.1) is 23.7 Å². The van der Waals surface area contributed by atoms with Crippen LogP contribution in [0.15, 0.2) is 18.2 Å². The van der Waals surface area contributed by atoms with Crippen LogP contribution in [0.25, 0.3) is 0 Å². The second-order valence-corrected chi connectivity index (χ2v) is 12.1. The number of hydrogen-bond donors (Lipinski definition) is 2. The molecule has 3 saturated carbocycles. The van der Waals surface area contributed by atoms with E-state index < -0.39 is 5.91 Å². The molecule has 3 fully saturated rings. The molecule has 3 aliphatic carbocycles. The number of rotatable bonds is 6. The minimum Gasteiger partial charge on any atom is -0.366 e. The molecule has 0 radical (unpaired) electrons. The molecule has 36 heavy (non-hydrogen) atoms. The molecule has 3 N–H and O–H groups in total. The second kappa shape index (κ2) is 11.8. The Balaban J connectivity index is 1.59. The monoisotopic (exact) mass is 495 g/mol. The molecule has 0 bridgehead atoms. The quantitative estimate of drug-likeness (QED) is 0.496. The molecule has 0 heterocycles. The van der Waals surface area contributed by atoms with Gasteiger partial charge in [0.2, 0.25) is 11.8 Å². The van der Waals surface area contributed by atoms with E-state index in [2.05, 4.69) is 31.0 Å². The van der Waals surface area contributed by atoms with Gasteiger partial charge in [0.15, 0.2) is 0 Å². The SMILES string of the molecule is CC1CCC(C(=O)Nc2cc(C(N)=O)cc(C(=O)N(C3CCC(C)CC3)C3CCC(C)CC3)c2)CC1. The highest BCUT2D eigenvalue weighted by Crippen LogP contribution is 2.35. The summed E-state index contributed by atoms with van der Waals surface area (Å²) in [7, 11) is 0. The molecule has 0 aliphatic heterocycles. The molecule has 1 aromatic carbocycles. The van der Waals surface area contributed by atoms with Gasteiger partial charge in [-0.05, 0) is 113 Å². The van der Waals surface area contributed by atoms with Crippen LogP contribution < -0.4 is 11.1 Å². The molecule has 3 amide bonds. The van der Waals surface area contributed by atoms with Gasteiger partial charge >= 0.3 is 0 Å². The number of primary amides is 1. The van der Waals surface area contributed by atoms with Gasteiger partial charge in [0.25, 0.3) is 5.91 Å². The minimum absolute atomic E-state index is 0.0254. The Hall–Kier alpha value is -2.37. The Bertz CT molecular complexity index is 915. The number of carbonyl (C=O) groups excluding carboxylic acids is 3. The van der Waals surface area contributed by atoms with Crippen molar-refractivity contribution >= 4 is 23.4 Å². The molecule has 198 valence electrons. The van der Waals surface area contributed by atoms with Crippen molar-refractivity contribution < 1.29 is 14.4 Å². The van der Waals surface area contributed by atoms with Gasteiger partial charge < -0.3 is 16.0 Å². The average Bonchev–Trinajstić information content (AvgIpc) is 2.86. The fraction of sp³-hybridized carbons (Fsp3) is 0.700. The molecule has 6 nitrogen and oxygen atoms in total. The molecule has 0 spiro atoms. The van der Waals surface area contributed by atoms with Crippen molar-refractivity contribution in [3.63, 3.8) is 0 Å². The smallest absolute Gasteiger partial charge is 0.254 e. The van der Waals surface area contributed by atoms with Gasteiger partial charge in [-0.1, -0.05) is 20.8 Å². The Morgan fingerprint density at radius 3 is 1.61 bits per heavy atom. The normalized spacial score (nSPS) is 30.9. The molecule has 0 unspecified atom stereocenters. The van der Waals surface area contributed by atoms with Crippen LogP contribution in [0.2, 0.25) is 0 Å². The van der Waals surface area contributed by atoms with E-state index >= 15 is 0 Å². The lowest BCUT2D eigenvalue weighted by atomic mass is 9.82. The van der Waals surface area contributed by atoms with Crippen LogP contribution in [0.1, 0.15) is 119 Å². The maximum absolute atomic E-state index is 14.1. The van der Waals surface area contributed by atoms with Crippen molar-refractivity contribution in [1.29, 1.82) is 0 Å². The number of carbonyl (C=O) groups is 3. The standard InChI is InChI=1S/C30H45N3O3/c1-19-4-10-22(11-5-19)29(35)32-25-17-23(28(31)34)16-24(18-25)30(36)33(26-12-6-20(2)7-13-26)27-14-8-21(3)9-15-27/h16-22,26-27H,4-15H2,1-3H3,(H2,31,34)(H,32,35). The fourth-order valence-corrected chi connectivity index (χ4v) is 6.55. The first kappa shape index (κ1) is 26.7. The Kier molecular flexibility index (Phi) is 8.74. The molecular formula is C30H45N3O3. The van der Waals surface area contributed by atoms with Gasteiger partial charge in [-0.15, -0.1) is 0 Å². The number of anilines is 1. The third kappa shape index (κ3) is 6.49. The van der Waals surface area contributed by atoms with Gasteiger partial charge in [-0.3, -0.25) is 14.4 Å². The summed E-state index contributed by atoms with van der Waals surface area (Å²) in [5, 5.41) is 3.01. The van der Waals surface area contributed by atoms with Crippen molar-refractivity contribution in [3.8, 4) is 0 Å². The number of nitrogens with two attached hydrogens (primary N) is 1. The van der Waals surface area contributed by atoms with Gasteiger partial charge in [0.1, 0.15) is 0 Å². The van der Waals surface area contributed by atoms with Crippen molar-refractivity contribution in [1.82, 2.24) is 4.90 Å². The van der Waals surface area contributed by atoms with E-state index in [1.54, 1.807) is 18.2 Å². The Morgan fingerprint density at radius 2 is 1.14 bits per heavy atom. The first-order valence-electron chi connectivity index (χ1n) is 14.3. The zero-order valence-corrected chi connectivity index (χ0v) is 22.4. The van der Waals surface area contributed by atoms with E-state index in [4.69, 9.17) is 5.73 Å². The van der Waals surface area contributed by atoms with Gasteiger partial charge in [-0.25, -0.2) is 0 Å². The van der Waals surface area contributed by atoms with E-state index in [0.717, 1.165) is 77.0 Å². The molecule has 6 heteroatoms. The first-order chi connectivity index (χ1) is 17.2. The van der Waals surface area contributed by atoms with Crippen molar-refractivity contribution in [3.05, 3.63) is 29.3 Å². The highest BCUT2D eigenvalue weighted by Gasteiger charge is 2.35. The van der Waals surface area contributed by atoms with Crippen LogP contribution in [-0.4, -0.2) is 34.7 Å². The summed E-state index contributed by atoms with van der Waals surface area (Å²) in [5.41, 5.74) is 6.87. The zero-order valence-electron chi connectivity index (χ0n) is 22.4. The third-order valence-electron chi connectivity index (χ3n) is 9.11. The number of nitrogens with one attached hydrogen (secondary N) is 1. The number of amides is 3. The van der Waals surface area contributed by atoms with Crippen LogP contribution >= 0.6 is 0 Å². The maximum Gasteiger partial charge on any atom is 0.254 e. The predicted molar refractivity (Wildman–Crippen MR) is 144 cm³/mol. The first-order valence-corrected chi connectivity index (χ1v) is 14.3. The summed E-state index contributed by atoms with van der Waals surface area (Å²) < 4.78 is 0. The lowest BCUT2D eigenvalue weighted by Gasteiger charge is -2.43. The minimum atomic E-state index is -0.587. The Labute approximate surface area is 216 Å². The van der Waals surface area contributed by atoms with Crippen molar-refractivity contribution in [2.45, 2.75) is 110 Å². The lowest BCUT2D eigenvalue weighted by molar-refractivity contribution is -0.121. The van der Waals surface area contributed by atoms with E-state index in [9.17, 15) is 14.4 Å². The molecule has 0 aromatic heterocycles. The topological polar surface area (TPSA) is 92.5 Å². The number of benzene rings is 1. The predicted octanol–water partition coefficient (Wildman–Crippen LogP) is 6.15. The molecule has 3 aliphatic rings. The van der Waals surface area contributed by atoms with E-state index in [0.29, 0.717) is 29.0 Å². The largest absolute Gasteiger partial charge is 0.366 e. The third-order valence-corrected chi connectivity index (χ3v) is 9.11. The fourth-order valence-electron chi connectivity index (χ4n) is 6.55. The van der Waals surface area contributed by atoms with Crippen LogP contribution in [0.4, 0.5) is 5.69 Å². The van der Waals surface area contributed by atoms with E-state index in [1.807, 2.05) is 0 Å².